The molecule has 3 N–H and O–H groups in total. The van der Waals surface area contributed by atoms with Crippen molar-refractivity contribution in [3.8, 4) is 5.75 Å². The molecular weight excluding hydrogens is 306 g/mol. The second kappa shape index (κ2) is 5.40. The Kier molecular flexibility index (Phi) is 3.33. The maximum Gasteiger partial charge on any atom is 0.345 e. The summed E-state index contributed by atoms with van der Waals surface area (Å²) in [5.41, 5.74) is 7.06. The van der Waals surface area contributed by atoms with Gasteiger partial charge in [-0.25, -0.2) is 9.78 Å². The first kappa shape index (κ1) is 14.8. The second-order valence-electron chi connectivity index (χ2n) is 6.42. The summed E-state index contributed by atoms with van der Waals surface area (Å²) in [5.74, 6) is 0.631. The molecule has 2 aromatic rings. The molecule has 1 spiro atoms. The number of para-hydroxylation sites is 1. The third-order valence-corrected chi connectivity index (χ3v) is 5.14. The van der Waals surface area contributed by atoms with Crippen molar-refractivity contribution in [3.05, 3.63) is 48.2 Å². The number of carbonyl (C=O) groups is 1. The predicted molar refractivity (Wildman–Crippen MR) is 90.3 cm³/mol. The summed E-state index contributed by atoms with van der Waals surface area (Å²) < 4.78 is 5.77. The van der Waals surface area contributed by atoms with Crippen LogP contribution in [0.4, 0.5) is 11.5 Å². The minimum Gasteiger partial charge on any atom is -0.478 e. The third-order valence-electron chi connectivity index (χ3n) is 5.14. The van der Waals surface area contributed by atoms with Crippen molar-refractivity contribution in [2.45, 2.75) is 24.4 Å². The zero-order valence-electron chi connectivity index (χ0n) is 13.2. The number of nitrogen functional groups attached to an aromatic ring is 1. The molecule has 1 fully saturated rings. The monoisotopic (exact) mass is 325 g/mol. The number of hydrogen-bond donors (Lipinski definition) is 2. The zero-order valence-corrected chi connectivity index (χ0v) is 13.2. The SMILES string of the molecule is Nc1ccnc(N2CCC3(CC2)c2ccccc2O[C@H]3C(=O)O)c1. The molecule has 0 saturated carbocycles. The number of rotatable bonds is 2. The Hall–Kier alpha value is -2.76. The van der Waals surface area contributed by atoms with Gasteiger partial charge in [0.25, 0.3) is 0 Å². The van der Waals surface area contributed by atoms with Crippen LogP contribution in [-0.2, 0) is 10.2 Å². The Labute approximate surface area is 139 Å². The van der Waals surface area contributed by atoms with Crippen molar-refractivity contribution in [2.75, 3.05) is 23.7 Å². The van der Waals surface area contributed by atoms with Crippen molar-refractivity contribution < 1.29 is 14.6 Å². The lowest BCUT2D eigenvalue weighted by Crippen LogP contribution is -2.51. The van der Waals surface area contributed by atoms with Crippen LogP contribution < -0.4 is 15.4 Å². The second-order valence-corrected chi connectivity index (χ2v) is 6.42. The van der Waals surface area contributed by atoms with Crippen molar-refractivity contribution in [2.24, 2.45) is 0 Å². The van der Waals surface area contributed by atoms with Gasteiger partial charge in [0.15, 0.2) is 0 Å². The Bertz CT molecular complexity index is 785. The van der Waals surface area contributed by atoms with E-state index in [0.717, 1.165) is 24.5 Å². The first-order valence-corrected chi connectivity index (χ1v) is 8.06. The maximum absolute atomic E-state index is 11.8. The number of carboxylic acid groups (broad SMARTS) is 1. The van der Waals surface area contributed by atoms with Gasteiger partial charge in [-0.15, -0.1) is 0 Å². The van der Waals surface area contributed by atoms with E-state index in [9.17, 15) is 9.90 Å². The molecule has 0 aliphatic carbocycles. The summed E-state index contributed by atoms with van der Waals surface area (Å²) in [6.07, 6.45) is 2.28. The van der Waals surface area contributed by atoms with Gasteiger partial charge in [-0.2, -0.15) is 0 Å². The lowest BCUT2D eigenvalue weighted by Gasteiger charge is -2.41. The van der Waals surface area contributed by atoms with Gasteiger partial charge in [-0.1, -0.05) is 18.2 Å². The van der Waals surface area contributed by atoms with Crippen LogP contribution in [0.25, 0.3) is 0 Å². The number of nitrogens with zero attached hydrogens (tertiary/aromatic N) is 2. The molecular formula is C18H19N3O3. The van der Waals surface area contributed by atoms with E-state index in [-0.39, 0.29) is 0 Å². The van der Waals surface area contributed by atoms with Gasteiger partial charge in [0.05, 0.1) is 5.41 Å². The lowest BCUT2D eigenvalue weighted by atomic mass is 9.70. The smallest absolute Gasteiger partial charge is 0.345 e. The molecule has 0 radical (unpaired) electrons. The first-order valence-electron chi connectivity index (χ1n) is 8.06. The van der Waals surface area contributed by atoms with E-state index in [2.05, 4.69) is 9.88 Å². The Balaban J connectivity index is 1.64. The Morgan fingerprint density at radius 1 is 1.29 bits per heavy atom. The molecule has 4 rings (SSSR count). The number of pyridine rings is 1. The molecule has 6 nitrogen and oxygen atoms in total. The molecule has 0 amide bonds. The number of anilines is 2. The highest BCUT2D eigenvalue weighted by Gasteiger charge is 2.53. The zero-order chi connectivity index (χ0) is 16.7. The number of nitrogens with two attached hydrogens (primary N) is 1. The van der Waals surface area contributed by atoms with Crippen LogP contribution >= 0.6 is 0 Å². The van der Waals surface area contributed by atoms with Gasteiger partial charge in [-0.3, -0.25) is 0 Å². The molecule has 1 aromatic carbocycles. The van der Waals surface area contributed by atoms with Crippen LogP contribution in [0.1, 0.15) is 18.4 Å². The predicted octanol–water partition coefficient (Wildman–Crippen LogP) is 2.05. The molecule has 2 aliphatic heterocycles. The molecule has 0 bridgehead atoms. The Morgan fingerprint density at radius 2 is 2.04 bits per heavy atom. The molecule has 1 saturated heterocycles. The molecule has 1 aromatic heterocycles. The number of benzene rings is 1. The van der Waals surface area contributed by atoms with Crippen LogP contribution in [0.2, 0.25) is 0 Å². The lowest BCUT2D eigenvalue weighted by molar-refractivity contribution is -0.147. The number of fused-ring (bicyclic) bond motifs is 2. The molecule has 0 unspecified atom stereocenters. The highest BCUT2D eigenvalue weighted by atomic mass is 16.5. The fourth-order valence-electron chi connectivity index (χ4n) is 3.92. The van der Waals surface area contributed by atoms with Crippen molar-refractivity contribution in [1.29, 1.82) is 0 Å². The molecule has 124 valence electrons. The van der Waals surface area contributed by atoms with Crippen molar-refractivity contribution >= 4 is 17.5 Å². The minimum absolute atomic E-state index is 0.473. The quantitative estimate of drug-likeness (QED) is 0.878. The summed E-state index contributed by atoms with van der Waals surface area (Å²) in [4.78, 5) is 18.3. The molecule has 24 heavy (non-hydrogen) atoms. The van der Waals surface area contributed by atoms with E-state index < -0.39 is 17.5 Å². The fraction of sp³-hybridized carbons (Fsp3) is 0.333. The minimum atomic E-state index is -0.901. The van der Waals surface area contributed by atoms with Gasteiger partial charge >= 0.3 is 5.97 Å². The van der Waals surface area contributed by atoms with E-state index in [0.29, 0.717) is 24.3 Å². The summed E-state index contributed by atoms with van der Waals surface area (Å²) in [6.45, 7) is 1.44. The number of aromatic nitrogens is 1. The summed E-state index contributed by atoms with van der Waals surface area (Å²) in [7, 11) is 0. The molecule has 6 heteroatoms. The van der Waals surface area contributed by atoms with Gasteiger partial charge in [-0.05, 0) is 25.0 Å². The molecule has 2 aliphatic rings. The largest absolute Gasteiger partial charge is 0.478 e. The van der Waals surface area contributed by atoms with Gasteiger partial charge < -0.3 is 20.5 Å². The number of carboxylic acids is 1. The normalized spacial score (nSPS) is 21.3. The van der Waals surface area contributed by atoms with Crippen LogP contribution in [0, 0.1) is 0 Å². The number of aliphatic carboxylic acids is 1. The van der Waals surface area contributed by atoms with Crippen molar-refractivity contribution in [3.63, 3.8) is 0 Å². The van der Waals surface area contributed by atoms with Gasteiger partial charge in [0, 0.05) is 36.6 Å². The maximum atomic E-state index is 11.8. The number of ether oxygens (including phenoxy) is 1. The highest BCUT2D eigenvalue weighted by molar-refractivity contribution is 5.78. The highest BCUT2D eigenvalue weighted by Crippen LogP contribution is 2.49. The average Bonchev–Trinajstić information content (AvgIpc) is 2.90. The van der Waals surface area contributed by atoms with Gasteiger partial charge in [0.2, 0.25) is 6.10 Å². The van der Waals surface area contributed by atoms with Crippen LogP contribution in [0.5, 0.6) is 5.75 Å². The van der Waals surface area contributed by atoms with E-state index in [1.54, 1.807) is 12.3 Å². The summed E-state index contributed by atoms with van der Waals surface area (Å²) in [5, 5.41) is 9.65. The van der Waals surface area contributed by atoms with Crippen LogP contribution in [0.3, 0.4) is 0 Å². The Morgan fingerprint density at radius 3 is 2.75 bits per heavy atom. The standard InChI is InChI=1S/C18H19N3O3/c19-12-5-8-20-15(11-12)21-9-6-18(7-10-21)13-3-1-2-4-14(13)24-16(18)17(22)23/h1-5,8,11,16H,6-7,9-10H2,(H2,19,20)(H,22,23)/t16-/m0/s1. The van der Waals surface area contributed by atoms with Crippen LogP contribution in [-0.4, -0.2) is 35.3 Å². The molecule has 1 atom stereocenters. The number of hydrogen-bond acceptors (Lipinski definition) is 5. The van der Waals surface area contributed by atoms with E-state index in [4.69, 9.17) is 10.5 Å². The van der Waals surface area contributed by atoms with E-state index >= 15 is 0 Å². The van der Waals surface area contributed by atoms with Crippen molar-refractivity contribution in [1.82, 2.24) is 4.98 Å². The van der Waals surface area contributed by atoms with E-state index in [1.807, 2.05) is 30.3 Å². The van der Waals surface area contributed by atoms with Crippen LogP contribution in [0.15, 0.2) is 42.6 Å². The fourth-order valence-corrected chi connectivity index (χ4v) is 3.92. The first-order chi connectivity index (χ1) is 11.6. The third kappa shape index (κ3) is 2.18. The summed E-state index contributed by atoms with van der Waals surface area (Å²) >= 11 is 0. The average molecular weight is 325 g/mol. The molecule has 3 heterocycles. The van der Waals surface area contributed by atoms with E-state index in [1.165, 1.54) is 0 Å². The number of piperidine rings is 1. The van der Waals surface area contributed by atoms with Gasteiger partial charge in [0.1, 0.15) is 11.6 Å². The summed E-state index contributed by atoms with van der Waals surface area (Å²) in [6, 6.07) is 11.3. The topological polar surface area (TPSA) is 88.7 Å².